The number of benzene rings is 2. The van der Waals surface area contributed by atoms with Crippen LogP contribution >= 0.6 is 24.0 Å². The second-order valence-corrected chi connectivity index (χ2v) is 8.98. The molecule has 0 aromatic heterocycles. The number of methoxy groups -OCH3 is 1. The lowest BCUT2D eigenvalue weighted by molar-refractivity contribution is -0.122. The monoisotopic (exact) mass is 454 g/mol. The van der Waals surface area contributed by atoms with E-state index < -0.39 is 0 Å². The van der Waals surface area contributed by atoms with Crippen molar-refractivity contribution in [1.82, 2.24) is 4.90 Å². The van der Waals surface area contributed by atoms with Gasteiger partial charge in [0.1, 0.15) is 10.1 Å². The molecule has 7 heteroatoms. The van der Waals surface area contributed by atoms with Gasteiger partial charge >= 0.3 is 0 Å². The van der Waals surface area contributed by atoms with Gasteiger partial charge in [-0.2, -0.15) is 0 Å². The van der Waals surface area contributed by atoms with Gasteiger partial charge in [-0.25, -0.2) is 0 Å². The number of rotatable bonds is 9. The topological polar surface area (TPSA) is 58.6 Å². The number of hydrogen-bond acceptors (Lipinski definition) is 5. The number of para-hydroxylation sites is 2. The van der Waals surface area contributed by atoms with Crippen LogP contribution < -0.4 is 10.1 Å². The molecule has 0 spiro atoms. The summed E-state index contributed by atoms with van der Waals surface area (Å²) in [6, 6.07) is 15.4. The van der Waals surface area contributed by atoms with E-state index in [1.165, 1.54) is 17.3 Å². The van der Waals surface area contributed by atoms with Gasteiger partial charge in [0.05, 0.1) is 17.7 Å². The van der Waals surface area contributed by atoms with Gasteiger partial charge in [-0.05, 0) is 43.5 Å². The first-order chi connectivity index (χ1) is 15.0. The molecule has 3 rings (SSSR count). The molecule has 162 valence electrons. The Labute approximate surface area is 192 Å². The number of nitrogens with one attached hydrogen (secondary N) is 1. The standard InChI is InChI=1S/C24H26N2O3S2/c1-17-11-13-18(14-12-17)16-21-23(28)26(24(30)31-21)15-7-3-4-10-22(27)25-19-8-5-6-9-20(19)29-2/h5-6,8-9,11-14,16H,3-4,7,10,15H2,1-2H3,(H,25,27)/b21-16-. The number of thiocarbonyl (C=S) groups is 1. The van der Waals surface area contributed by atoms with E-state index in [9.17, 15) is 9.59 Å². The highest BCUT2D eigenvalue weighted by atomic mass is 32.2. The number of carbonyl (C=O) groups excluding carboxylic acids is 2. The summed E-state index contributed by atoms with van der Waals surface area (Å²) in [6.45, 7) is 2.61. The second-order valence-electron chi connectivity index (χ2n) is 7.30. The van der Waals surface area contributed by atoms with Gasteiger partial charge in [0.25, 0.3) is 5.91 Å². The van der Waals surface area contributed by atoms with Crippen molar-refractivity contribution in [3.63, 3.8) is 0 Å². The highest BCUT2D eigenvalue weighted by molar-refractivity contribution is 8.26. The number of nitrogens with zero attached hydrogens (tertiary/aromatic N) is 1. The summed E-state index contributed by atoms with van der Waals surface area (Å²) in [5.74, 6) is 0.560. The molecule has 2 aromatic carbocycles. The molecule has 0 aliphatic carbocycles. The second kappa shape index (κ2) is 11.1. The van der Waals surface area contributed by atoms with E-state index in [-0.39, 0.29) is 11.8 Å². The summed E-state index contributed by atoms with van der Waals surface area (Å²) in [7, 11) is 1.58. The van der Waals surface area contributed by atoms with Gasteiger partial charge in [-0.15, -0.1) is 0 Å². The largest absolute Gasteiger partial charge is 0.495 e. The van der Waals surface area contributed by atoms with Crippen molar-refractivity contribution in [3.05, 3.63) is 64.6 Å². The molecule has 1 fully saturated rings. The van der Waals surface area contributed by atoms with Crippen LogP contribution in [-0.2, 0) is 9.59 Å². The van der Waals surface area contributed by atoms with Crippen LogP contribution in [0.2, 0.25) is 0 Å². The summed E-state index contributed by atoms with van der Waals surface area (Å²) in [5, 5.41) is 2.88. The predicted molar refractivity (Wildman–Crippen MR) is 131 cm³/mol. The Bertz CT molecular complexity index is 987. The van der Waals surface area contributed by atoms with Gasteiger partial charge in [0.2, 0.25) is 5.91 Å². The summed E-state index contributed by atoms with van der Waals surface area (Å²) in [5.41, 5.74) is 2.85. The third kappa shape index (κ3) is 6.42. The normalized spacial score (nSPS) is 14.9. The van der Waals surface area contributed by atoms with Crippen molar-refractivity contribution in [1.29, 1.82) is 0 Å². The number of hydrogen-bond donors (Lipinski definition) is 1. The van der Waals surface area contributed by atoms with Crippen LogP contribution in [0.25, 0.3) is 6.08 Å². The summed E-state index contributed by atoms with van der Waals surface area (Å²) < 4.78 is 5.84. The average Bonchev–Trinajstić information content (AvgIpc) is 3.02. The first-order valence-electron chi connectivity index (χ1n) is 10.2. The first kappa shape index (κ1) is 23.0. The van der Waals surface area contributed by atoms with Crippen molar-refractivity contribution in [3.8, 4) is 5.75 Å². The molecular weight excluding hydrogens is 428 g/mol. The molecule has 1 saturated heterocycles. The van der Waals surface area contributed by atoms with Crippen molar-refractivity contribution >= 4 is 51.9 Å². The molecule has 0 saturated carbocycles. The lowest BCUT2D eigenvalue weighted by Crippen LogP contribution is -2.29. The zero-order valence-corrected chi connectivity index (χ0v) is 19.4. The molecule has 0 atom stereocenters. The fraction of sp³-hybridized carbons (Fsp3) is 0.292. The van der Waals surface area contributed by atoms with Crippen molar-refractivity contribution in [2.75, 3.05) is 19.0 Å². The fourth-order valence-electron chi connectivity index (χ4n) is 3.20. The van der Waals surface area contributed by atoms with Crippen LogP contribution in [0.1, 0.15) is 36.8 Å². The van der Waals surface area contributed by atoms with E-state index in [1.807, 2.05) is 61.5 Å². The van der Waals surface area contributed by atoms with Crippen LogP contribution in [-0.4, -0.2) is 34.7 Å². The summed E-state index contributed by atoms with van der Waals surface area (Å²) in [6.07, 6.45) is 4.69. The Hall–Kier alpha value is -2.64. The highest BCUT2D eigenvalue weighted by Gasteiger charge is 2.31. The van der Waals surface area contributed by atoms with Gasteiger partial charge in [0, 0.05) is 13.0 Å². The smallest absolute Gasteiger partial charge is 0.266 e. The predicted octanol–water partition coefficient (Wildman–Crippen LogP) is 5.40. The molecule has 0 bridgehead atoms. The minimum absolute atomic E-state index is 0.0375. The molecule has 0 radical (unpaired) electrons. The molecule has 0 unspecified atom stereocenters. The van der Waals surface area contributed by atoms with Crippen LogP contribution in [0, 0.1) is 6.92 Å². The number of aryl methyl sites for hydroxylation is 1. The Balaban J connectivity index is 1.42. The number of ether oxygens (including phenoxy) is 1. The number of carbonyl (C=O) groups is 2. The van der Waals surface area contributed by atoms with E-state index in [2.05, 4.69) is 5.32 Å². The molecule has 5 nitrogen and oxygen atoms in total. The maximum Gasteiger partial charge on any atom is 0.266 e. The summed E-state index contributed by atoms with van der Waals surface area (Å²) in [4.78, 5) is 27.2. The lowest BCUT2D eigenvalue weighted by atomic mass is 10.1. The van der Waals surface area contributed by atoms with Crippen molar-refractivity contribution < 1.29 is 14.3 Å². The van der Waals surface area contributed by atoms with Gasteiger partial charge in [-0.3, -0.25) is 14.5 Å². The molecule has 1 N–H and O–H groups in total. The van der Waals surface area contributed by atoms with E-state index in [0.29, 0.717) is 33.6 Å². The molecule has 1 heterocycles. The van der Waals surface area contributed by atoms with Crippen LogP contribution in [0.5, 0.6) is 5.75 Å². The van der Waals surface area contributed by atoms with Gasteiger partial charge < -0.3 is 10.1 Å². The molecule has 2 amide bonds. The Morgan fingerprint density at radius 2 is 1.87 bits per heavy atom. The number of anilines is 1. The molecule has 1 aliphatic heterocycles. The quantitative estimate of drug-likeness (QED) is 0.312. The van der Waals surface area contributed by atoms with Gasteiger partial charge in [0.15, 0.2) is 0 Å². The SMILES string of the molecule is COc1ccccc1NC(=O)CCCCCN1C(=O)/C(=C/c2ccc(C)cc2)SC1=S. The average molecular weight is 455 g/mol. The maximum atomic E-state index is 12.7. The highest BCUT2D eigenvalue weighted by Crippen LogP contribution is 2.32. The van der Waals surface area contributed by atoms with Gasteiger partial charge in [-0.1, -0.05) is 72.4 Å². The Kier molecular flexibility index (Phi) is 8.26. The summed E-state index contributed by atoms with van der Waals surface area (Å²) >= 11 is 6.75. The number of amides is 2. The van der Waals surface area contributed by atoms with E-state index >= 15 is 0 Å². The third-order valence-electron chi connectivity index (χ3n) is 4.92. The molecule has 31 heavy (non-hydrogen) atoms. The van der Waals surface area contributed by atoms with E-state index in [1.54, 1.807) is 12.0 Å². The minimum Gasteiger partial charge on any atom is -0.495 e. The Morgan fingerprint density at radius 1 is 1.13 bits per heavy atom. The number of thioether (sulfide) groups is 1. The third-order valence-corrected chi connectivity index (χ3v) is 6.29. The molecule has 2 aromatic rings. The van der Waals surface area contributed by atoms with Crippen LogP contribution in [0.4, 0.5) is 5.69 Å². The lowest BCUT2D eigenvalue weighted by Gasteiger charge is -2.14. The Morgan fingerprint density at radius 3 is 2.61 bits per heavy atom. The van der Waals surface area contributed by atoms with Crippen LogP contribution in [0.15, 0.2) is 53.4 Å². The molecular formula is C24H26N2O3S2. The maximum absolute atomic E-state index is 12.7. The van der Waals surface area contributed by atoms with Crippen LogP contribution in [0.3, 0.4) is 0 Å². The van der Waals surface area contributed by atoms with E-state index in [4.69, 9.17) is 17.0 Å². The first-order valence-corrected chi connectivity index (χ1v) is 11.5. The van der Waals surface area contributed by atoms with E-state index in [0.717, 1.165) is 24.8 Å². The van der Waals surface area contributed by atoms with Crippen molar-refractivity contribution in [2.24, 2.45) is 0 Å². The fourth-order valence-corrected chi connectivity index (χ4v) is 4.51. The zero-order valence-electron chi connectivity index (χ0n) is 17.7. The minimum atomic E-state index is -0.0452. The van der Waals surface area contributed by atoms with Crippen molar-refractivity contribution in [2.45, 2.75) is 32.6 Å². The zero-order chi connectivity index (χ0) is 22.2. The molecule has 1 aliphatic rings. The number of unbranched alkanes of at least 4 members (excludes halogenated alkanes) is 2.